The van der Waals surface area contributed by atoms with E-state index in [0.29, 0.717) is 0 Å². The van der Waals surface area contributed by atoms with Crippen LogP contribution in [0.25, 0.3) is 0 Å². The van der Waals surface area contributed by atoms with E-state index in [9.17, 15) is 0 Å². The lowest BCUT2D eigenvalue weighted by Gasteiger charge is -2.36. The number of rotatable bonds is 7. The van der Waals surface area contributed by atoms with Gasteiger partial charge in [0.05, 0.1) is 6.61 Å². The second kappa shape index (κ2) is 8.95. The van der Waals surface area contributed by atoms with E-state index in [2.05, 4.69) is 40.1 Å². The summed E-state index contributed by atoms with van der Waals surface area (Å²) >= 11 is 5.87. The highest BCUT2D eigenvalue weighted by Crippen LogP contribution is 2.17. The zero-order valence-electron chi connectivity index (χ0n) is 14.0. The molecule has 4 heteroatoms. The summed E-state index contributed by atoms with van der Waals surface area (Å²) in [6.07, 6.45) is 2.26. The molecule has 0 atom stereocenters. The molecule has 3 rings (SSSR count). The van der Waals surface area contributed by atoms with Gasteiger partial charge in [-0.2, -0.15) is 0 Å². The van der Waals surface area contributed by atoms with Crippen LogP contribution in [-0.2, 0) is 0 Å². The van der Waals surface area contributed by atoms with E-state index in [1.54, 1.807) is 0 Å². The molecule has 0 spiro atoms. The number of piperazine rings is 1. The Balaban J connectivity index is 1.29. The van der Waals surface area contributed by atoms with Gasteiger partial charge in [-0.05, 0) is 55.8 Å². The van der Waals surface area contributed by atoms with Crippen LogP contribution in [0.3, 0.4) is 0 Å². The van der Waals surface area contributed by atoms with E-state index in [1.165, 1.54) is 12.1 Å². The summed E-state index contributed by atoms with van der Waals surface area (Å²) in [4.78, 5) is 5.03. The van der Waals surface area contributed by atoms with Gasteiger partial charge >= 0.3 is 0 Å². The van der Waals surface area contributed by atoms with Crippen LogP contribution in [0, 0.1) is 0 Å². The molecule has 0 aliphatic carbocycles. The molecule has 0 bridgehead atoms. The molecule has 0 aromatic heterocycles. The molecule has 1 saturated heterocycles. The van der Waals surface area contributed by atoms with Gasteiger partial charge in [-0.15, -0.1) is 0 Å². The molecule has 0 amide bonds. The molecule has 3 nitrogen and oxygen atoms in total. The van der Waals surface area contributed by atoms with Crippen LogP contribution in [0.5, 0.6) is 5.75 Å². The smallest absolute Gasteiger partial charge is 0.119 e. The normalized spacial score (nSPS) is 15.5. The van der Waals surface area contributed by atoms with Crippen molar-refractivity contribution in [3.05, 3.63) is 59.6 Å². The average Bonchev–Trinajstić information content (AvgIpc) is 2.64. The predicted octanol–water partition coefficient (Wildman–Crippen LogP) is 4.32. The Hall–Kier alpha value is -1.71. The molecule has 1 aliphatic heterocycles. The van der Waals surface area contributed by atoms with Crippen LogP contribution >= 0.6 is 11.6 Å². The van der Waals surface area contributed by atoms with Crippen LogP contribution < -0.4 is 9.64 Å². The lowest BCUT2D eigenvalue weighted by Crippen LogP contribution is -2.46. The second-order valence-corrected chi connectivity index (χ2v) is 6.61. The van der Waals surface area contributed by atoms with Crippen molar-refractivity contribution in [1.82, 2.24) is 4.90 Å². The van der Waals surface area contributed by atoms with Gasteiger partial charge in [0, 0.05) is 36.9 Å². The maximum Gasteiger partial charge on any atom is 0.119 e. The van der Waals surface area contributed by atoms with Crippen LogP contribution in [0.15, 0.2) is 54.6 Å². The lowest BCUT2D eigenvalue weighted by atomic mass is 10.2. The van der Waals surface area contributed by atoms with Gasteiger partial charge in [-0.25, -0.2) is 0 Å². The van der Waals surface area contributed by atoms with Gasteiger partial charge in [0.2, 0.25) is 0 Å². The van der Waals surface area contributed by atoms with Crippen molar-refractivity contribution in [3.8, 4) is 5.75 Å². The summed E-state index contributed by atoms with van der Waals surface area (Å²) in [6.45, 7) is 6.45. The van der Waals surface area contributed by atoms with Crippen LogP contribution in [-0.4, -0.2) is 44.2 Å². The average molecular weight is 345 g/mol. The first-order valence-corrected chi connectivity index (χ1v) is 9.10. The van der Waals surface area contributed by atoms with Crippen LogP contribution in [0.1, 0.15) is 12.8 Å². The second-order valence-electron chi connectivity index (χ2n) is 6.17. The van der Waals surface area contributed by atoms with Gasteiger partial charge in [-0.1, -0.05) is 29.8 Å². The first-order chi connectivity index (χ1) is 11.8. The summed E-state index contributed by atoms with van der Waals surface area (Å²) in [5.41, 5.74) is 1.34. The number of hydrogen-bond donors (Lipinski definition) is 0. The summed E-state index contributed by atoms with van der Waals surface area (Å²) in [5, 5.41) is 0.747. The molecule has 24 heavy (non-hydrogen) atoms. The fourth-order valence-electron chi connectivity index (χ4n) is 3.03. The molecule has 128 valence electrons. The Morgan fingerprint density at radius 1 is 0.833 bits per heavy atom. The summed E-state index contributed by atoms with van der Waals surface area (Å²) in [7, 11) is 0. The topological polar surface area (TPSA) is 15.7 Å². The first kappa shape index (κ1) is 17.1. The maximum atomic E-state index is 5.87. The molecule has 0 radical (unpaired) electrons. The van der Waals surface area contributed by atoms with E-state index >= 15 is 0 Å². The van der Waals surface area contributed by atoms with E-state index in [4.69, 9.17) is 16.3 Å². The Morgan fingerprint density at radius 3 is 2.25 bits per heavy atom. The maximum absolute atomic E-state index is 5.87. The van der Waals surface area contributed by atoms with Crippen molar-refractivity contribution >= 4 is 17.3 Å². The van der Waals surface area contributed by atoms with Gasteiger partial charge in [0.25, 0.3) is 0 Å². The van der Waals surface area contributed by atoms with E-state index in [0.717, 1.165) is 56.5 Å². The minimum Gasteiger partial charge on any atom is -0.494 e. The number of hydrogen-bond acceptors (Lipinski definition) is 3. The molecule has 0 unspecified atom stereocenters. The van der Waals surface area contributed by atoms with Crippen LogP contribution in [0.2, 0.25) is 5.02 Å². The molecular formula is C20H25ClN2O. The zero-order chi connectivity index (χ0) is 16.6. The molecular weight excluding hydrogens is 320 g/mol. The lowest BCUT2D eigenvalue weighted by molar-refractivity contribution is 0.238. The molecule has 1 fully saturated rings. The quantitative estimate of drug-likeness (QED) is 0.696. The number of halogens is 1. The molecule has 0 saturated carbocycles. The van der Waals surface area contributed by atoms with Crippen LogP contribution in [0.4, 0.5) is 5.69 Å². The highest BCUT2D eigenvalue weighted by molar-refractivity contribution is 6.30. The number of nitrogens with zero attached hydrogens (tertiary/aromatic N) is 2. The van der Waals surface area contributed by atoms with Crippen molar-refractivity contribution in [1.29, 1.82) is 0 Å². The molecule has 1 heterocycles. The number of anilines is 1. The number of para-hydroxylation sites is 1. The van der Waals surface area contributed by atoms with E-state index < -0.39 is 0 Å². The fourth-order valence-corrected chi connectivity index (χ4v) is 3.15. The largest absolute Gasteiger partial charge is 0.494 e. The number of unbranched alkanes of at least 4 members (excludes halogenated alkanes) is 1. The zero-order valence-corrected chi connectivity index (χ0v) is 14.8. The third-order valence-electron chi connectivity index (χ3n) is 4.44. The van der Waals surface area contributed by atoms with Gasteiger partial charge < -0.3 is 9.64 Å². The van der Waals surface area contributed by atoms with Gasteiger partial charge in [-0.3, -0.25) is 4.90 Å². The Labute approximate surface area is 149 Å². The first-order valence-electron chi connectivity index (χ1n) is 8.72. The standard InChI is InChI=1S/C20H25ClN2O/c21-18-8-10-20(11-9-18)24-17-5-4-12-22-13-15-23(16-14-22)19-6-2-1-3-7-19/h1-3,6-11H,4-5,12-17H2. The summed E-state index contributed by atoms with van der Waals surface area (Å²) in [6, 6.07) is 18.3. The van der Waals surface area contributed by atoms with Crippen molar-refractivity contribution in [2.45, 2.75) is 12.8 Å². The van der Waals surface area contributed by atoms with Crippen molar-refractivity contribution < 1.29 is 4.74 Å². The van der Waals surface area contributed by atoms with Crippen molar-refractivity contribution in [2.24, 2.45) is 0 Å². The SMILES string of the molecule is Clc1ccc(OCCCCN2CCN(c3ccccc3)CC2)cc1. The summed E-state index contributed by atoms with van der Waals surface area (Å²) < 4.78 is 5.74. The monoisotopic (exact) mass is 344 g/mol. The minimum atomic E-state index is 0.747. The third-order valence-corrected chi connectivity index (χ3v) is 4.70. The van der Waals surface area contributed by atoms with E-state index in [1.807, 2.05) is 24.3 Å². The fraction of sp³-hybridized carbons (Fsp3) is 0.400. The highest BCUT2D eigenvalue weighted by Gasteiger charge is 2.16. The highest BCUT2D eigenvalue weighted by atomic mass is 35.5. The number of benzene rings is 2. The Morgan fingerprint density at radius 2 is 1.54 bits per heavy atom. The predicted molar refractivity (Wildman–Crippen MR) is 101 cm³/mol. The Bertz CT molecular complexity index is 595. The molecule has 1 aliphatic rings. The third kappa shape index (κ3) is 5.15. The minimum absolute atomic E-state index is 0.747. The molecule has 0 N–H and O–H groups in total. The van der Waals surface area contributed by atoms with E-state index in [-0.39, 0.29) is 0 Å². The Kier molecular flexibility index (Phi) is 6.39. The van der Waals surface area contributed by atoms with Gasteiger partial charge in [0.1, 0.15) is 5.75 Å². The molecule has 2 aromatic carbocycles. The van der Waals surface area contributed by atoms with Gasteiger partial charge in [0.15, 0.2) is 0 Å². The van der Waals surface area contributed by atoms with Crippen molar-refractivity contribution in [2.75, 3.05) is 44.2 Å². The van der Waals surface area contributed by atoms with Crippen molar-refractivity contribution in [3.63, 3.8) is 0 Å². The summed E-state index contributed by atoms with van der Waals surface area (Å²) in [5.74, 6) is 0.899. The molecule has 2 aromatic rings. The number of ether oxygens (including phenoxy) is 1.